The Hall–Kier alpha value is -1.40. The molecule has 0 bridgehead atoms. The highest BCUT2D eigenvalue weighted by molar-refractivity contribution is 7.89. The molecule has 1 saturated heterocycles. The van der Waals surface area contributed by atoms with Crippen molar-refractivity contribution in [3.05, 3.63) is 29.8 Å². The van der Waals surface area contributed by atoms with Gasteiger partial charge in [-0.2, -0.15) is 4.31 Å². The maximum absolute atomic E-state index is 12.7. The van der Waals surface area contributed by atoms with Crippen molar-refractivity contribution in [1.29, 1.82) is 0 Å². The molecular formula is C15H21NO4S. The van der Waals surface area contributed by atoms with E-state index in [1.807, 2.05) is 26.8 Å². The maximum atomic E-state index is 12.7. The molecule has 116 valence electrons. The van der Waals surface area contributed by atoms with Crippen molar-refractivity contribution in [2.24, 2.45) is 11.3 Å². The maximum Gasteiger partial charge on any atom is 0.311 e. The summed E-state index contributed by atoms with van der Waals surface area (Å²) in [6.07, 6.45) is 0.352. The minimum Gasteiger partial charge on any atom is -0.481 e. The summed E-state index contributed by atoms with van der Waals surface area (Å²) in [6.45, 7) is 5.78. The predicted octanol–water partition coefficient (Wildman–Crippen LogP) is 2.12. The zero-order chi connectivity index (χ0) is 15.8. The molecule has 1 N–H and O–H groups in total. The van der Waals surface area contributed by atoms with Crippen LogP contribution in [0.1, 0.15) is 25.8 Å². The lowest BCUT2D eigenvalue weighted by Gasteiger charge is -2.28. The third-order valence-corrected chi connectivity index (χ3v) is 6.27. The van der Waals surface area contributed by atoms with Gasteiger partial charge in [0.25, 0.3) is 0 Å². The van der Waals surface area contributed by atoms with Crippen LogP contribution in [0.15, 0.2) is 29.2 Å². The molecule has 0 radical (unpaired) electrons. The molecule has 0 amide bonds. The first-order chi connectivity index (χ1) is 9.70. The van der Waals surface area contributed by atoms with Gasteiger partial charge in [-0.05, 0) is 37.0 Å². The van der Waals surface area contributed by atoms with E-state index >= 15 is 0 Å². The van der Waals surface area contributed by atoms with Crippen LogP contribution in [-0.2, 0) is 14.8 Å². The molecule has 0 aromatic heterocycles. The second-order valence-electron chi connectivity index (χ2n) is 6.02. The van der Waals surface area contributed by atoms with E-state index < -0.39 is 21.4 Å². The van der Waals surface area contributed by atoms with Crippen molar-refractivity contribution in [3.8, 4) is 0 Å². The number of nitrogens with zero attached hydrogens (tertiary/aromatic N) is 1. The number of hydrogen-bond acceptors (Lipinski definition) is 3. The normalized spacial score (nSPS) is 23.6. The molecule has 1 unspecified atom stereocenters. The summed E-state index contributed by atoms with van der Waals surface area (Å²) in [5.74, 6) is -1.04. The molecule has 21 heavy (non-hydrogen) atoms. The molecule has 0 saturated carbocycles. The topological polar surface area (TPSA) is 74.7 Å². The standard InChI is InChI=1S/C15H21NO4S/c1-11(2)15(14(17)18)7-8-16(10-15)21(19,20)13-6-4-5-12(3)9-13/h4-6,9,11H,7-8,10H2,1-3H3,(H,17,18). The van der Waals surface area contributed by atoms with Crippen LogP contribution in [0.3, 0.4) is 0 Å². The van der Waals surface area contributed by atoms with Gasteiger partial charge in [0.2, 0.25) is 10.0 Å². The number of benzene rings is 1. The third-order valence-electron chi connectivity index (χ3n) is 4.42. The smallest absolute Gasteiger partial charge is 0.311 e. The van der Waals surface area contributed by atoms with E-state index in [0.717, 1.165) is 5.56 Å². The summed E-state index contributed by atoms with van der Waals surface area (Å²) in [5, 5.41) is 9.51. The number of aryl methyl sites for hydroxylation is 1. The van der Waals surface area contributed by atoms with Gasteiger partial charge in [0.1, 0.15) is 0 Å². The van der Waals surface area contributed by atoms with Gasteiger partial charge in [-0.15, -0.1) is 0 Å². The zero-order valence-corrected chi connectivity index (χ0v) is 13.4. The van der Waals surface area contributed by atoms with Gasteiger partial charge in [-0.3, -0.25) is 4.79 Å². The van der Waals surface area contributed by atoms with E-state index in [2.05, 4.69) is 0 Å². The number of rotatable bonds is 4. The first-order valence-electron chi connectivity index (χ1n) is 7.00. The minimum absolute atomic E-state index is 0.0380. The van der Waals surface area contributed by atoms with Crippen molar-refractivity contribution < 1.29 is 18.3 Å². The monoisotopic (exact) mass is 311 g/mol. The highest BCUT2D eigenvalue weighted by Crippen LogP contribution is 2.40. The number of carbonyl (C=O) groups is 1. The first kappa shape index (κ1) is 16.0. The Balaban J connectivity index is 2.34. The van der Waals surface area contributed by atoms with Gasteiger partial charge in [0.05, 0.1) is 10.3 Å². The molecule has 1 aromatic carbocycles. The third kappa shape index (κ3) is 2.70. The summed E-state index contributed by atoms with van der Waals surface area (Å²) in [7, 11) is -3.63. The van der Waals surface area contributed by atoms with Crippen molar-refractivity contribution in [2.75, 3.05) is 13.1 Å². The molecule has 1 fully saturated rings. The molecule has 6 heteroatoms. The summed E-state index contributed by atoms with van der Waals surface area (Å²) in [4.78, 5) is 11.8. The fourth-order valence-electron chi connectivity index (χ4n) is 2.82. The van der Waals surface area contributed by atoms with Crippen LogP contribution in [0, 0.1) is 18.3 Å². The molecule has 0 aliphatic carbocycles. The predicted molar refractivity (Wildman–Crippen MR) is 79.5 cm³/mol. The molecular weight excluding hydrogens is 290 g/mol. The van der Waals surface area contributed by atoms with Crippen LogP contribution in [0.5, 0.6) is 0 Å². The Morgan fingerprint density at radius 1 is 1.38 bits per heavy atom. The number of carboxylic acids is 1. The van der Waals surface area contributed by atoms with Crippen molar-refractivity contribution in [1.82, 2.24) is 4.31 Å². The quantitative estimate of drug-likeness (QED) is 0.924. The first-order valence-corrected chi connectivity index (χ1v) is 8.44. The van der Waals surface area contributed by atoms with Crippen LogP contribution >= 0.6 is 0 Å². The second kappa shape index (κ2) is 5.42. The Morgan fingerprint density at radius 3 is 2.52 bits per heavy atom. The number of sulfonamides is 1. The largest absolute Gasteiger partial charge is 0.481 e. The molecule has 1 aliphatic rings. The lowest BCUT2D eigenvalue weighted by Crippen LogP contribution is -2.40. The molecule has 5 nitrogen and oxygen atoms in total. The van der Waals surface area contributed by atoms with Gasteiger partial charge >= 0.3 is 5.97 Å². The fraction of sp³-hybridized carbons (Fsp3) is 0.533. The molecule has 2 rings (SSSR count). The minimum atomic E-state index is -3.63. The molecule has 1 heterocycles. The summed E-state index contributed by atoms with van der Waals surface area (Å²) in [5.41, 5.74) is -0.125. The Bertz CT molecular complexity index is 653. The molecule has 0 spiro atoms. The summed E-state index contributed by atoms with van der Waals surface area (Å²) >= 11 is 0. The summed E-state index contributed by atoms with van der Waals surface area (Å²) < 4.78 is 26.6. The van der Waals surface area contributed by atoms with E-state index in [4.69, 9.17) is 0 Å². The van der Waals surface area contributed by atoms with E-state index in [0.29, 0.717) is 6.42 Å². The Morgan fingerprint density at radius 2 is 2.05 bits per heavy atom. The number of aliphatic carboxylic acids is 1. The zero-order valence-electron chi connectivity index (χ0n) is 12.5. The van der Waals surface area contributed by atoms with Crippen LogP contribution < -0.4 is 0 Å². The average molecular weight is 311 g/mol. The van der Waals surface area contributed by atoms with E-state index in [1.165, 1.54) is 4.31 Å². The Labute approximate surface area is 125 Å². The van der Waals surface area contributed by atoms with Crippen LogP contribution in [0.25, 0.3) is 0 Å². The highest BCUT2D eigenvalue weighted by atomic mass is 32.2. The van der Waals surface area contributed by atoms with Gasteiger partial charge < -0.3 is 5.11 Å². The van der Waals surface area contributed by atoms with Crippen molar-refractivity contribution >= 4 is 16.0 Å². The fourth-order valence-corrected chi connectivity index (χ4v) is 4.44. The second-order valence-corrected chi connectivity index (χ2v) is 7.96. The van der Waals surface area contributed by atoms with Gasteiger partial charge in [0.15, 0.2) is 0 Å². The van der Waals surface area contributed by atoms with Crippen LogP contribution in [0.2, 0.25) is 0 Å². The SMILES string of the molecule is Cc1cccc(S(=O)(=O)N2CCC(C(=O)O)(C(C)C)C2)c1. The van der Waals surface area contributed by atoms with Crippen LogP contribution in [-0.4, -0.2) is 36.9 Å². The van der Waals surface area contributed by atoms with E-state index in [-0.39, 0.29) is 23.9 Å². The Kier molecular flexibility index (Phi) is 4.13. The van der Waals surface area contributed by atoms with Gasteiger partial charge in [-0.1, -0.05) is 26.0 Å². The lowest BCUT2D eigenvalue weighted by molar-refractivity contribution is -0.150. The highest BCUT2D eigenvalue weighted by Gasteiger charge is 2.50. The van der Waals surface area contributed by atoms with Gasteiger partial charge in [0, 0.05) is 13.1 Å². The number of carboxylic acid groups (broad SMARTS) is 1. The van der Waals surface area contributed by atoms with E-state index in [9.17, 15) is 18.3 Å². The summed E-state index contributed by atoms with van der Waals surface area (Å²) in [6, 6.07) is 6.70. The number of hydrogen-bond donors (Lipinski definition) is 1. The van der Waals surface area contributed by atoms with Crippen molar-refractivity contribution in [2.45, 2.75) is 32.1 Å². The van der Waals surface area contributed by atoms with E-state index in [1.54, 1.807) is 18.2 Å². The average Bonchev–Trinajstić information content (AvgIpc) is 2.85. The molecule has 1 aromatic rings. The lowest BCUT2D eigenvalue weighted by atomic mass is 9.77. The van der Waals surface area contributed by atoms with Crippen LogP contribution in [0.4, 0.5) is 0 Å². The molecule has 1 aliphatic heterocycles. The van der Waals surface area contributed by atoms with Crippen molar-refractivity contribution in [3.63, 3.8) is 0 Å². The van der Waals surface area contributed by atoms with Gasteiger partial charge in [-0.25, -0.2) is 8.42 Å². The molecule has 1 atom stereocenters.